The van der Waals surface area contributed by atoms with Gasteiger partial charge in [-0.25, -0.2) is 8.42 Å². The molecule has 0 unspecified atom stereocenters. The fourth-order valence-electron chi connectivity index (χ4n) is 2.57. The number of nitrogens with zero attached hydrogens (tertiary/aromatic N) is 1. The molecule has 2 aromatic carbocycles. The first kappa shape index (κ1) is 20.3. The van der Waals surface area contributed by atoms with Gasteiger partial charge < -0.3 is 5.32 Å². The Bertz CT molecular complexity index is 926. The minimum absolute atomic E-state index is 0.0337. The summed E-state index contributed by atoms with van der Waals surface area (Å²) in [6.07, 6.45) is 1.18. The summed E-state index contributed by atoms with van der Waals surface area (Å²) >= 11 is 6.06. The highest BCUT2D eigenvalue weighted by Gasteiger charge is 2.20. The Balaban J connectivity index is 2.13. The van der Waals surface area contributed by atoms with Crippen LogP contribution in [0.4, 0.5) is 11.4 Å². The second-order valence-corrected chi connectivity index (χ2v) is 8.63. The molecule has 5 nitrogen and oxygen atoms in total. The molecule has 1 amide bonds. The van der Waals surface area contributed by atoms with Crippen LogP contribution in [0.15, 0.2) is 36.4 Å². The van der Waals surface area contributed by atoms with Crippen molar-refractivity contribution in [3.05, 3.63) is 58.1 Å². The highest BCUT2D eigenvalue weighted by Crippen LogP contribution is 2.25. The van der Waals surface area contributed by atoms with Gasteiger partial charge in [0.25, 0.3) is 0 Å². The van der Waals surface area contributed by atoms with Crippen LogP contribution in [0.2, 0.25) is 5.02 Å². The van der Waals surface area contributed by atoms with E-state index in [2.05, 4.69) is 5.32 Å². The topological polar surface area (TPSA) is 66.5 Å². The van der Waals surface area contributed by atoms with Crippen molar-refractivity contribution in [3.8, 4) is 0 Å². The predicted molar refractivity (Wildman–Crippen MR) is 108 cm³/mol. The molecule has 2 aromatic rings. The molecule has 0 aliphatic rings. The number of halogens is 1. The molecule has 0 aliphatic heterocycles. The zero-order chi connectivity index (χ0) is 19.5. The molecule has 0 aliphatic carbocycles. The van der Waals surface area contributed by atoms with Crippen molar-refractivity contribution in [2.75, 3.05) is 22.4 Å². The maximum absolute atomic E-state index is 12.2. The SMILES string of the molecule is Cc1ccc(NC(=O)CCN(c2cccc(C)c2C)S(C)(=O)=O)cc1Cl. The minimum atomic E-state index is -3.51. The third-order valence-electron chi connectivity index (χ3n) is 4.24. The minimum Gasteiger partial charge on any atom is -0.326 e. The third-order valence-corrected chi connectivity index (χ3v) is 5.83. The second-order valence-electron chi connectivity index (χ2n) is 6.32. The predicted octanol–water partition coefficient (Wildman–Crippen LogP) is 4.06. The first-order valence-electron chi connectivity index (χ1n) is 8.19. The van der Waals surface area contributed by atoms with Gasteiger partial charge in [0.1, 0.15) is 0 Å². The van der Waals surface area contributed by atoms with Gasteiger partial charge in [0.15, 0.2) is 0 Å². The Morgan fingerprint density at radius 3 is 2.42 bits per heavy atom. The third kappa shape index (κ3) is 4.99. The summed E-state index contributed by atoms with van der Waals surface area (Å²) in [6.45, 7) is 5.74. The fraction of sp³-hybridized carbons (Fsp3) is 0.316. The molecule has 1 N–H and O–H groups in total. The smallest absolute Gasteiger partial charge is 0.232 e. The number of hydrogen-bond donors (Lipinski definition) is 1. The fourth-order valence-corrected chi connectivity index (χ4v) is 3.73. The van der Waals surface area contributed by atoms with E-state index in [9.17, 15) is 13.2 Å². The largest absolute Gasteiger partial charge is 0.326 e. The summed E-state index contributed by atoms with van der Waals surface area (Å²) < 4.78 is 25.7. The van der Waals surface area contributed by atoms with E-state index >= 15 is 0 Å². The van der Waals surface area contributed by atoms with Gasteiger partial charge >= 0.3 is 0 Å². The van der Waals surface area contributed by atoms with Gasteiger partial charge in [0.05, 0.1) is 11.9 Å². The summed E-state index contributed by atoms with van der Waals surface area (Å²) in [4.78, 5) is 12.2. The number of hydrogen-bond acceptors (Lipinski definition) is 3. The first-order chi connectivity index (χ1) is 12.1. The Kier molecular flexibility index (Phi) is 6.31. The zero-order valence-electron chi connectivity index (χ0n) is 15.3. The van der Waals surface area contributed by atoms with Crippen molar-refractivity contribution < 1.29 is 13.2 Å². The molecule has 0 saturated heterocycles. The normalized spacial score (nSPS) is 11.3. The Hall–Kier alpha value is -2.05. The van der Waals surface area contributed by atoms with Gasteiger partial charge in [-0.05, 0) is 55.7 Å². The van der Waals surface area contributed by atoms with E-state index in [0.29, 0.717) is 16.4 Å². The van der Waals surface area contributed by atoms with Gasteiger partial charge in [-0.15, -0.1) is 0 Å². The lowest BCUT2D eigenvalue weighted by Crippen LogP contribution is -2.33. The highest BCUT2D eigenvalue weighted by atomic mass is 35.5. The maximum atomic E-state index is 12.2. The van der Waals surface area contributed by atoms with Gasteiger partial charge in [-0.3, -0.25) is 9.10 Å². The summed E-state index contributed by atoms with van der Waals surface area (Å²) in [5.74, 6) is -0.274. The zero-order valence-corrected chi connectivity index (χ0v) is 16.9. The van der Waals surface area contributed by atoms with Crippen molar-refractivity contribution in [1.82, 2.24) is 0 Å². The second kappa shape index (κ2) is 8.10. The number of carbonyl (C=O) groups is 1. The van der Waals surface area contributed by atoms with Crippen LogP contribution in [-0.4, -0.2) is 27.1 Å². The number of nitrogens with one attached hydrogen (secondary N) is 1. The molecule has 2 rings (SSSR count). The van der Waals surface area contributed by atoms with Crippen LogP contribution >= 0.6 is 11.6 Å². The van der Waals surface area contributed by atoms with E-state index in [4.69, 9.17) is 11.6 Å². The summed E-state index contributed by atoms with van der Waals surface area (Å²) in [5, 5.41) is 3.32. The quantitative estimate of drug-likeness (QED) is 0.803. The van der Waals surface area contributed by atoms with Crippen molar-refractivity contribution in [1.29, 1.82) is 0 Å². The van der Waals surface area contributed by atoms with Crippen LogP contribution < -0.4 is 9.62 Å². The monoisotopic (exact) mass is 394 g/mol. The van der Waals surface area contributed by atoms with Crippen molar-refractivity contribution >= 4 is 38.9 Å². The number of amides is 1. The molecule has 0 atom stereocenters. The van der Waals surface area contributed by atoms with E-state index in [-0.39, 0.29) is 18.9 Å². The lowest BCUT2D eigenvalue weighted by molar-refractivity contribution is -0.116. The average molecular weight is 395 g/mol. The van der Waals surface area contributed by atoms with E-state index in [1.807, 2.05) is 39.0 Å². The van der Waals surface area contributed by atoms with Gasteiger partial charge in [0.2, 0.25) is 15.9 Å². The summed E-state index contributed by atoms with van der Waals surface area (Å²) in [7, 11) is -3.51. The lowest BCUT2D eigenvalue weighted by atomic mass is 10.1. The van der Waals surface area contributed by atoms with Crippen molar-refractivity contribution in [2.24, 2.45) is 0 Å². The van der Waals surface area contributed by atoms with E-state index in [0.717, 1.165) is 22.9 Å². The molecule has 0 heterocycles. The van der Waals surface area contributed by atoms with Crippen LogP contribution in [0.1, 0.15) is 23.1 Å². The van der Waals surface area contributed by atoms with Crippen LogP contribution in [0.5, 0.6) is 0 Å². The Morgan fingerprint density at radius 1 is 1.12 bits per heavy atom. The number of carbonyl (C=O) groups excluding carboxylic acids is 1. The Labute approximate surface area is 160 Å². The van der Waals surface area contributed by atoms with Crippen LogP contribution in [-0.2, 0) is 14.8 Å². The van der Waals surface area contributed by atoms with Gasteiger partial charge in [0, 0.05) is 23.7 Å². The maximum Gasteiger partial charge on any atom is 0.232 e. The molecule has 26 heavy (non-hydrogen) atoms. The van der Waals surface area contributed by atoms with Gasteiger partial charge in [-0.2, -0.15) is 0 Å². The molecule has 0 saturated carbocycles. The number of rotatable bonds is 6. The van der Waals surface area contributed by atoms with Gasteiger partial charge in [-0.1, -0.05) is 29.8 Å². The molecule has 0 spiro atoms. The van der Waals surface area contributed by atoms with Crippen LogP contribution in [0, 0.1) is 20.8 Å². The molecule has 0 bridgehead atoms. The number of aryl methyl sites for hydroxylation is 2. The highest BCUT2D eigenvalue weighted by molar-refractivity contribution is 7.92. The molecular formula is C19H23ClN2O3S. The lowest BCUT2D eigenvalue weighted by Gasteiger charge is -2.24. The van der Waals surface area contributed by atoms with Crippen molar-refractivity contribution in [3.63, 3.8) is 0 Å². The van der Waals surface area contributed by atoms with Crippen LogP contribution in [0.3, 0.4) is 0 Å². The average Bonchev–Trinajstić information content (AvgIpc) is 2.54. The van der Waals surface area contributed by atoms with Crippen LogP contribution in [0.25, 0.3) is 0 Å². The first-order valence-corrected chi connectivity index (χ1v) is 10.4. The standard InChI is InChI=1S/C19H23ClN2O3S/c1-13-6-5-7-18(15(13)3)22(26(4,24)25)11-10-19(23)21-16-9-8-14(2)17(20)12-16/h5-9,12H,10-11H2,1-4H3,(H,21,23). The van der Waals surface area contributed by atoms with E-state index in [1.165, 1.54) is 4.31 Å². The summed E-state index contributed by atoms with van der Waals surface area (Å²) in [6, 6.07) is 10.7. The van der Waals surface area contributed by atoms with Crippen molar-refractivity contribution in [2.45, 2.75) is 27.2 Å². The Morgan fingerprint density at radius 2 is 1.81 bits per heavy atom. The molecule has 7 heteroatoms. The summed E-state index contributed by atoms with van der Waals surface area (Å²) in [5.41, 5.74) is 3.98. The number of anilines is 2. The van der Waals surface area contributed by atoms with E-state index in [1.54, 1.807) is 18.2 Å². The number of sulfonamides is 1. The molecular weight excluding hydrogens is 372 g/mol. The number of benzene rings is 2. The van der Waals surface area contributed by atoms with E-state index < -0.39 is 10.0 Å². The molecule has 0 aromatic heterocycles. The molecule has 0 fully saturated rings. The molecule has 0 radical (unpaired) electrons. The molecule has 140 valence electrons.